The molecule has 4 aromatic rings. The number of para-hydroxylation sites is 1. The number of amides is 2. The predicted octanol–water partition coefficient (Wildman–Crippen LogP) is 6.24. The number of imide groups is 1. The summed E-state index contributed by atoms with van der Waals surface area (Å²) in [4.78, 5) is 26.3. The van der Waals surface area contributed by atoms with Crippen LogP contribution in [0.1, 0.15) is 56.7 Å². The van der Waals surface area contributed by atoms with E-state index in [1.54, 1.807) is 18.4 Å². The predicted molar refractivity (Wildman–Crippen MR) is 149 cm³/mol. The minimum atomic E-state index is -0.521. The van der Waals surface area contributed by atoms with Gasteiger partial charge in [-0.05, 0) is 56.3 Å². The van der Waals surface area contributed by atoms with Crippen molar-refractivity contribution < 1.29 is 18.4 Å². The molecule has 0 saturated heterocycles. The van der Waals surface area contributed by atoms with E-state index >= 15 is 4.39 Å². The standard InChI is InChI=1S/C30H30FN3O3.ClH/c1-17(2)15-32-19-9-11-20(12-10-19)34-16-22(25-23(31)7-4-8-24(25)34)27-26(29(35)33-30(27)36)21-6-3-5-18-13-14-37-28(18)21;/h3-8,13-14,16-17,19-20,32H,9-12,15H2,1-2H3,(H,33,35,36);1H/t19-,20+;. The van der Waals surface area contributed by atoms with Crippen LogP contribution in [0, 0.1) is 11.7 Å². The van der Waals surface area contributed by atoms with Crippen molar-refractivity contribution in [1.82, 2.24) is 15.2 Å². The highest BCUT2D eigenvalue weighted by molar-refractivity contribution is 6.50. The molecule has 1 aliphatic carbocycles. The Morgan fingerprint density at radius 1 is 1.00 bits per heavy atom. The Balaban J connectivity index is 0.00000294. The normalized spacial score (nSPS) is 20.0. The lowest BCUT2D eigenvalue weighted by Crippen LogP contribution is -2.35. The van der Waals surface area contributed by atoms with Crippen molar-refractivity contribution in [2.24, 2.45) is 5.92 Å². The molecule has 0 atom stereocenters. The van der Waals surface area contributed by atoms with Crippen LogP contribution in [0.15, 0.2) is 59.3 Å². The van der Waals surface area contributed by atoms with Crippen LogP contribution in [0.3, 0.4) is 0 Å². The summed E-state index contributed by atoms with van der Waals surface area (Å²) in [5, 5.41) is 7.29. The van der Waals surface area contributed by atoms with Gasteiger partial charge in [-0.3, -0.25) is 14.9 Å². The summed E-state index contributed by atoms with van der Waals surface area (Å²) in [6.45, 7) is 5.42. The van der Waals surface area contributed by atoms with Gasteiger partial charge in [-0.15, -0.1) is 12.4 Å². The molecule has 0 bridgehead atoms. The molecule has 8 heteroatoms. The first-order valence-electron chi connectivity index (χ1n) is 13.0. The van der Waals surface area contributed by atoms with E-state index in [4.69, 9.17) is 4.42 Å². The molecule has 3 heterocycles. The van der Waals surface area contributed by atoms with E-state index in [1.807, 2.05) is 30.5 Å². The van der Waals surface area contributed by atoms with Gasteiger partial charge in [0.15, 0.2) is 0 Å². The van der Waals surface area contributed by atoms with Gasteiger partial charge in [-0.25, -0.2) is 4.39 Å². The van der Waals surface area contributed by atoms with Crippen LogP contribution in [0.2, 0.25) is 0 Å². The molecular weight excluding hydrogens is 505 g/mol. The number of hydrogen-bond donors (Lipinski definition) is 2. The molecule has 1 saturated carbocycles. The van der Waals surface area contributed by atoms with Crippen LogP contribution in [-0.4, -0.2) is 29.0 Å². The Labute approximate surface area is 226 Å². The van der Waals surface area contributed by atoms with E-state index in [0.29, 0.717) is 34.1 Å². The number of aromatic nitrogens is 1. The van der Waals surface area contributed by atoms with Gasteiger partial charge >= 0.3 is 0 Å². The maximum atomic E-state index is 15.4. The van der Waals surface area contributed by atoms with Gasteiger partial charge in [0.2, 0.25) is 0 Å². The Morgan fingerprint density at radius 3 is 2.45 bits per heavy atom. The van der Waals surface area contributed by atoms with Crippen molar-refractivity contribution in [3.05, 3.63) is 71.9 Å². The second-order valence-corrected chi connectivity index (χ2v) is 10.6. The number of benzene rings is 2. The van der Waals surface area contributed by atoms with Crippen LogP contribution in [0.5, 0.6) is 0 Å². The van der Waals surface area contributed by atoms with Gasteiger partial charge in [0, 0.05) is 40.2 Å². The zero-order chi connectivity index (χ0) is 25.7. The molecule has 0 spiro atoms. The monoisotopic (exact) mass is 535 g/mol. The maximum absolute atomic E-state index is 15.4. The molecule has 0 unspecified atom stereocenters. The second kappa shape index (κ2) is 10.4. The average Bonchev–Trinajstić information content (AvgIpc) is 3.58. The molecule has 2 aliphatic rings. The first kappa shape index (κ1) is 26.2. The van der Waals surface area contributed by atoms with Crippen molar-refractivity contribution in [1.29, 1.82) is 0 Å². The van der Waals surface area contributed by atoms with E-state index in [1.165, 1.54) is 6.07 Å². The van der Waals surface area contributed by atoms with Crippen molar-refractivity contribution in [2.45, 2.75) is 51.6 Å². The number of carbonyl (C=O) groups is 2. The number of nitrogens with zero attached hydrogens (tertiary/aromatic N) is 1. The number of nitrogens with one attached hydrogen (secondary N) is 2. The van der Waals surface area contributed by atoms with Crippen molar-refractivity contribution in [3.8, 4) is 0 Å². The number of furan rings is 1. The molecule has 1 aliphatic heterocycles. The van der Waals surface area contributed by atoms with E-state index in [2.05, 4.69) is 29.0 Å². The summed E-state index contributed by atoms with van der Waals surface area (Å²) >= 11 is 0. The van der Waals surface area contributed by atoms with E-state index in [9.17, 15) is 9.59 Å². The smallest absolute Gasteiger partial charge is 0.259 e. The average molecular weight is 536 g/mol. The summed E-state index contributed by atoms with van der Waals surface area (Å²) in [5.41, 5.74) is 2.63. The molecule has 1 fully saturated rings. The van der Waals surface area contributed by atoms with Crippen molar-refractivity contribution >= 4 is 57.2 Å². The third kappa shape index (κ3) is 4.44. The van der Waals surface area contributed by atoms with Gasteiger partial charge < -0.3 is 14.3 Å². The zero-order valence-corrected chi connectivity index (χ0v) is 22.2. The number of hydrogen-bond acceptors (Lipinski definition) is 4. The number of halogens is 2. The van der Waals surface area contributed by atoms with Gasteiger partial charge in [-0.1, -0.05) is 38.1 Å². The first-order valence-corrected chi connectivity index (χ1v) is 13.0. The summed E-state index contributed by atoms with van der Waals surface area (Å²) in [6.07, 6.45) is 7.41. The van der Waals surface area contributed by atoms with Crippen molar-refractivity contribution in [2.75, 3.05) is 6.54 Å². The van der Waals surface area contributed by atoms with E-state index in [0.717, 1.165) is 43.1 Å². The minimum absolute atomic E-state index is 0. The first-order chi connectivity index (χ1) is 17.9. The Morgan fingerprint density at radius 2 is 1.71 bits per heavy atom. The zero-order valence-electron chi connectivity index (χ0n) is 21.4. The fourth-order valence-electron chi connectivity index (χ4n) is 5.88. The fourth-order valence-corrected chi connectivity index (χ4v) is 5.88. The molecule has 6 nitrogen and oxygen atoms in total. The molecule has 2 aromatic carbocycles. The van der Waals surface area contributed by atoms with E-state index in [-0.39, 0.29) is 29.6 Å². The van der Waals surface area contributed by atoms with Crippen LogP contribution < -0.4 is 10.6 Å². The molecule has 2 amide bonds. The van der Waals surface area contributed by atoms with Gasteiger partial charge in [-0.2, -0.15) is 0 Å². The molecule has 6 rings (SSSR count). The van der Waals surface area contributed by atoms with Crippen LogP contribution in [0.25, 0.3) is 33.0 Å². The lowest BCUT2D eigenvalue weighted by atomic mass is 9.90. The number of fused-ring (bicyclic) bond motifs is 2. The second-order valence-electron chi connectivity index (χ2n) is 10.6. The molecule has 2 aromatic heterocycles. The fraction of sp³-hybridized carbons (Fsp3) is 0.333. The van der Waals surface area contributed by atoms with Crippen LogP contribution in [0.4, 0.5) is 4.39 Å². The lowest BCUT2D eigenvalue weighted by molar-refractivity contribution is -0.122. The molecule has 0 radical (unpaired) electrons. The minimum Gasteiger partial charge on any atom is -0.464 e. The maximum Gasteiger partial charge on any atom is 0.259 e. The Hall–Kier alpha value is -3.42. The highest BCUT2D eigenvalue weighted by atomic mass is 35.5. The molecule has 38 heavy (non-hydrogen) atoms. The largest absolute Gasteiger partial charge is 0.464 e. The van der Waals surface area contributed by atoms with Crippen LogP contribution in [-0.2, 0) is 9.59 Å². The molecule has 198 valence electrons. The third-order valence-corrected chi connectivity index (χ3v) is 7.66. The summed E-state index contributed by atoms with van der Waals surface area (Å²) in [6, 6.07) is 13.0. The Bertz CT molecular complexity index is 1560. The van der Waals surface area contributed by atoms with Gasteiger partial charge in [0.05, 0.1) is 22.9 Å². The summed E-state index contributed by atoms with van der Waals surface area (Å²) in [5.74, 6) is -0.828. The molecule has 2 N–H and O–H groups in total. The van der Waals surface area contributed by atoms with E-state index < -0.39 is 17.6 Å². The number of rotatable bonds is 6. The lowest BCUT2D eigenvalue weighted by Gasteiger charge is -2.31. The number of carbonyl (C=O) groups excluding carboxylic acids is 2. The highest BCUT2D eigenvalue weighted by Crippen LogP contribution is 2.41. The topological polar surface area (TPSA) is 76.3 Å². The summed E-state index contributed by atoms with van der Waals surface area (Å²) < 4.78 is 23.2. The third-order valence-electron chi connectivity index (χ3n) is 7.66. The van der Waals surface area contributed by atoms with Crippen LogP contribution >= 0.6 is 12.4 Å². The quantitative estimate of drug-likeness (QED) is 0.286. The van der Waals surface area contributed by atoms with Gasteiger partial charge in [0.1, 0.15) is 11.4 Å². The van der Waals surface area contributed by atoms with Crippen molar-refractivity contribution in [3.63, 3.8) is 0 Å². The SMILES string of the molecule is CC(C)CN[C@H]1CC[C@@H](n2cc(C3=C(c4cccc5ccoc45)C(=O)NC3=O)c3c(F)cccc32)CC1.Cl. The van der Waals surface area contributed by atoms with Gasteiger partial charge in [0.25, 0.3) is 11.8 Å². The highest BCUT2D eigenvalue weighted by Gasteiger charge is 2.36. The molecular formula is C30H31ClFN3O3. The Kier molecular flexibility index (Phi) is 7.16. The summed E-state index contributed by atoms with van der Waals surface area (Å²) in [7, 11) is 0.